The average molecular weight is 323 g/mol. The Kier molecular flexibility index (Phi) is 4.56. The highest BCUT2D eigenvalue weighted by molar-refractivity contribution is 5.95. The van der Waals surface area contributed by atoms with Gasteiger partial charge in [0, 0.05) is 11.3 Å². The topological polar surface area (TPSA) is 77.2 Å². The summed E-state index contributed by atoms with van der Waals surface area (Å²) in [6.07, 6.45) is 0. The number of nitrogens with one attached hydrogen (secondary N) is 1. The van der Waals surface area contributed by atoms with Crippen molar-refractivity contribution in [2.24, 2.45) is 0 Å². The Labute approximate surface area is 139 Å². The number of aryl methyl sites for hydroxylation is 1. The van der Waals surface area contributed by atoms with Crippen LogP contribution in [0.2, 0.25) is 0 Å². The molecule has 0 fully saturated rings. The van der Waals surface area contributed by atoms with Crippen LogP contribution < -0.4 is 5.32 Å². The van der Waals surface area contributed by atoms with Gasteiger partial charge in [-0.3, -0.25) is 0 Å². The molecule has 0 atom stereocenters. The molecule has 0 aliphatic rings. The van der Waals surface area contributed by atoms with Gasteiger partial charge in [0.1, 0.15) is 0 Å². The van der Waals surface area contributed by atoms with Crippen LogP contribution in [0.5, 0.6) is 0 Å². The SMILES string of the molecule is COC(=O)c1ccccc1NCc1nnc(-c2cccc(C)c2)o1. The molecule has 3 aromatic rings. The van der Waals surface area contributed by atoms with Crippen LogP contribution in [0.25, 0.3) is 11.5 Å². The smallest absolute Gasteiger partial charge is 0.339 e. The Morgan fingerprint density at radius 2 is 2.00 bits per heavy atom. The number of anilines is 1. The molecule has 3 rings (SSSR count). The maximum Gasteiger partial charge on any atom is 0.339 e. The van der Waals surface area contributed by atoms with Gasteiger partial charge in [-0.25, -0.2) is 4.79 Å². The first-order chi connectivity index (χ1) is 11.7. The van der Waals surface area contributed by atoms with Crippen LogP contribution in [-0.2, 0) is 11.3 Å². The minimum absolute atomic E-state index is 0.312. The maximum atomic E-state index is 11.8. The molecule has 6 nitrogen and oxygen atoms in total. The molecule has 0 bridgehead atoms. The zero-order valence-corrected chi connectivity index (χ0v) is 13.4. The Balaban J connectivity index is 1.74. The van der Waals surface area contributed by atoms with Crippen molar-refractivity contribution in [3.05, 3.63) is 65.5 Å². The molecule has 1 N–H and O–H groups in total. The summed E-state index contributed by atoms with van der Waals surface area (Å²) in [5.41, 5.74) is 3.11. The van der Waals surface area contributed by atoms with Gasteiger partial charge in [0.05, 0.1) is 19.2 Å². The van der Waals surface area contributed by atoms with Crippen LogP contribution >= 0.6 is 0 Å². The number of nitrogens with zero attached hydrogens (tertiary/aromatic N) is 2. The van der Waals surface area contributed by atoms with Gasteiger partial charge in [0.2, 0.25) is 11.8 Å². The average Bonchev–Trinajstić information content (AvgIpc) is 3.08. The third kappa shape index (κ3) is 3.43. The summed E-state index contributed by atoms with van der Waals surface area (Å²) < 4.78 is 10.4. The Morgan fingerprint density at radius 3 is 2.79 bits per heavy atom. The number of aromatic nitrogens is 2. The number of carbonyl (C=O) groups is 1. The molecule has 1 aromatic heterocycles. The molecule has 0 saturated carbocycles. The maximum absolute atomic E-state index is 11.8. The fraction of sp³-hybridized carbons (Fsp3) is 0.167. The molecule has 0 aliphatic heterocycles. The van der Waals surface area contributed by atoms with Gasteiger partial charge in [-0.15, -0.1) is 10.2 Å². The number of hydrogen-bond acceptors (Lipinski definition) is 6. The lowest BCUT2D eigenvalue weighted by atomic mass is 10.1. The Bertz CT molecular complexity index is 858. The summed E-state index contributed by atoms with van der Waals surface area (Å²) in [5.74, 6) is 0.506. The predicted octanol–water partition coefficient (Wildman–Crippen LogP) is 3.44. The molecule has 0 spiro atoms. The highest BCUT2D eigenvalue weighted by Gasteiger charge is 2.12. The molecular weight excluding hydrogens is 306 g/mol. The van der Waals surface area contributed by atoms with Crippen LogP contribution in [-0.4, -0.2) is 23.3 Å². The monoisotopic (exact) mass is 323 g/mol. The second-order valence-electron chi connectivity index (χ2n) is 5.26. The molecule has 1 heterocycles. The van der Waals surface area contributed by atoms with Crippen molar-refractivity contribution in [1.82, 2.24) is 10.2 Å². The van der Waals surface area contributed by atoms with Crippen molar-refractivity contribution in [3.8, 4) is 11.5 Å². The largest absolute Gasteiger partial charge is 0.465 e. The fourth-order valence-electron chi connectivity index (χ4n) is 2.32. The van der Waals surface area contributed by atoms with E-state index >= 15 is 0 Å². The zero-order valence-electron chi connectivity index (χ0n) is 13.4. The number of hydrogen-bond donors (Lipinski definition) is 1. The number of para-hydroxylation sites is 1. The number of benzene rings is 2. The van der Waals surface area contributed by atoms with E-state index in [1.54, 1.807) is 18.2 Å². The van der Waals surface area contributed by atoms with Crippen molar-refractivity contribution in [1.29, 1.82) is 0 Å². The molecule has 0 saturated heterocycles. The predicted molar refractivity (Wildman–Crippen MR) is 89.6 cm³/mol. The van der Waals surface area contributed by atoms with Gasteiger partial charge in [0.15, 0.2) is 0 Å². The van der Waals surface area contributed by atoms with E-state index < -0.39 is 5.97 Å². The van der Waals surface area contributed by atoms with Gasteiger partial charge in [-0.1, -0.05) is 29.8 Å². The van der Waals surface area contributed by atoms with Gasteiger partial charge >= 0.3 is 5.97 Å². The van der Waals surface area contributed by atoms with Gasteiger partial charge in [0.25, 0.3) is 0 Å². The number of rotatable bonds is 5. The second-order valence-corrected chi connectivity index (χ2v) is 5.26. The first-order valence-electron chi connectivity index (χ1n) is 7.48. The lowest BCUT2D eigenvalue weighted by Crippen LogP contribution is -2.08. The minimum atomic E-state index is -0.399. The van der Waals surface area contributed by atoms with Crippen molar-refractivity contribution in [2.75, 3.05) is 12.4 Å². The van der Waals surface area contributed by atoms with E-state index in [-0.39, 0.29) is 0 Å². The molecule has 0 unspecified atom stereocenters. The Morgan fingerprint density at radius 1 is 1.17 bits per heavy atom. The molecule has 6 heteroatoms. The van der Waals surface area contributed by atoms with Crippen LogP contribution in [0.15, 0.2) is 52.9 Å². The van der Waals surface area contributed by atoms with E-state index in [1.165, 1.54) is 7.11 Å². The van der Waals surface area contributed by atoms with Gasteiger partial charge in [-0.05, 0) is 31.2 Å². The standard InChI is InChI=1S/C18H17N3O3/c1-12-6-5-7-13(10-12)17-21-20-16(24-17)11-19-15-9-4-3-8-14(15)18(22)23-2/h3-10,19H,11H2,1-2H3. The summed E-state index contributed by atoms with van der Waals surface area (Å²) >= 11 is 0. The number of esters is 1. The summed E-state index contributed by atoms with van der Waals surface area (Å²) in [7, 11) is 1.35. The molecule has 122 valence electrons. The van der Waals surface area contributed by atoms with E-state index in [4.69, 9.17) is 9.15 Å². The second kappa shape index (κ2) is 6.95. The number of carbonyl (C=O) groups excluding carboxylic acids is 1. The Hall–Kier alpha value is -3.15. The molecule has 0 amide bonds. The van der Waals surface area contributed by atoms with Crippen LogP contribution in [0, 0.1) is 6.92 Å². The third-order valence-corrected chi connectivity index (χ3v) is 3.49. The van der Waals surface area contributed by atoms with Crippen molar-refractivity contribution < 1.29 is 13.9 Å². The lowest BCUT2D eigenvalue weighted by molar-refractivity contribution is 0.0602. The molecule has 0 aliphatic carbocycles. The van der Waals surface area contributed by atoms with E-state index in [1.807, 2.05) is 37.3 Å². The van der Waals surface area contributed by atoms with Crippen molar-refractivity contribution in [2.45, 2.75) is 13.5 Å². The fourth-order valence-corrected chi connectivity index (χ4v) is 2.32. The third-order valence-electron chi connectivity index (χ3n) is 3.49. The zero-order chi connectivity index (χ0) is 16.9. The van der Waals surface area contributed by atoms with Crippen LogP contribution in [0.3, 0.4) is 0 Å². The van der Waals surface area contributed by atoms with Crippen molar-refractivity contribution >= 4 is 11.7 Å². The normalized spacial score (nSPS) is 10.4. The summed E-state index contributed by atoms with van der Waals surface area (Å²) in [6, 6.07) is 15.0. The van der Waals surface area contributed by atoms with E-state index in [0.29, 0.717) is 29.6 Å². The van der Waals surface area contributed by atoms with E-state index in [9.17, 15) is 4.79 Å². The van der Waals surface area contributed by atoms with Crippen LogP contribution in [0.1, 0.15) is 21.8 Å². The summed E-state index contributed by atoms with van der Waals surface area (Å²) in [5, 5.41) is 11.2. The first-order valence-corrected chi connectivity index (χ1v) is 7.48. The molecule has 2 aromatic carbocycles. The highest BCUT2D eigenvalue weighted by atomic mass is 16.5. The quantitative estimate of drug-likeness (QED) is 0.725. The van der Waals surface area contributed by atoms with Gasteiger partial charge in [-0.2, -0.15) is 0 Å². The lowest BCUT2D eigenvalue weighted by Gasteiger charge is -2.08. The molecular formula is C18H17N3O3. The summed E-state index contributed by atoms with van der Waals surface area (Å²) in [4.78, 5) is 11.8. The van der Waals surface area contributed by atoms with Gasteiger partial charge < -0.3 is 14.5 Å². The minimum Gasteiger partial charge on any atom is -0.465 e. The highest BCUT2D eigenvalue weighted by Crippen LogP contribution is 2.20. The van der Waals surface area contributed by atoms with E-state index in [2.05, 4.69) is 15.5 Å². The first kappa shape index (κ1) is 15.7. The molecule has 24 heavy (non-hydrogen) atoms. The molecule has 0 radical (unpaired) electrons. The van der Waals surface area contributed by atoms with Crippen molar-refractivity contribution in [3.63, 3.8) is 0 Å². The van der Waals surface area contributed by atoms with Crippen LogP contribution in [0.4, 0.5) is 5.69 Å². The van der Waals surface area contributed by atoms with E-state index in [0.717, 1.165) is 11.1 Å². The summed E-state index contributed by atoms with van der Waals surface area (Å²) in [6.45, 7) is 2.32. The number of methoxy groups -OCH3 is 1. The number of ether oxygens (including phenoxy) is 1.